The van der Waals surface area contributed by atoms with Crippen LogP contribution in [0.2, 0.25) is 0 Å². The van der Waals surface area contributed by atoms with E-state index in [2.05, 4.69) is 9.97 Å². The van der Waals surface area contributed by atoms with Crippen LogP contribution in [0.1, 0.15) is 39.4 Å². The lowest BCUT2D eigenvalue weighted by Gasteiger charge is -2.20. The molecule has 1 unspecified atom stereocenters. The van der Waals surface area contributed by atoms with Gasteiger partial charge in [-0.2, -0.15) is 0 Å². The summed E-state index contributed by atoms with van der Waals surface area (Å²) in [6, 6.07) is 7.81. The van der Waals surface area contributed by atoms with Gasteiger partial charge in [0, 0.05) is 30.5 Å². The molecular weight excluding hydrogens is 415 g/mol. The van der Waals surface area contributed by atoms with Gasteiger partial charge < -0.3 is 4.57 Å². The van der Waals surface area contributed by atoms with Crippen LogP contribution < -0.4 is 4.98 Å². The summed E-state index contributed by atoms with van der Waals surface area (Å²) in [5.74, 6) is 0.739. The summed E-state index contributed by atoms with van der Waals surface area (Å²) in [4.78, 5) is 7.81. The van der Waals surface area contributed by atoms with Crippen LogP contribution in [0.3, 0.4) is 0 Å². The zero-order chi connectivity index (χ0) is 21.4. The number of halogens is 2. The van der Waals surface area contributed by atoms with Gasteiger partial charge in [-0.3, -0.25) is 0 Å². The molecule has 1 aromatic carbocycles. The van der Waals surface area contributed by atoms with Crippen LogP contribution in [0.5, 0.6) is 0 Å². The number of pyridine rings is 1. The Kier molecular flexibility index (Phi) is 5.80. The van der Waals surface area contributed by atoms with E-state index < -0.39 is 15.5 Å². The van der Waals surface area contributed by atoms with Gasteiger partial charge in [0.2, 0.25) is 9.84 Å². The van der Waals surface area contributed by atoms with E-state index in [9.17, 15) is 17.2 Å². The van der Waals surface area contributed by atoms with E-state index in [1.807, 2.05) is 25.3 Å². The molecule has 29 heavy (non-hydrogen) atoms. The number of aromatic amines is 1. The average molecular weight is 440 g/mol. The van der Waals surface area contributed by atoms with Crippen molar-refractivity contribution < 1.29 is 22.2 Å². The highest BCUT2D eigenvalue weighted by Crippen LogP contribution is 2.32. The lowest BCUT2D eigenvalue weighted by atomic mass is 9.95. The van der Waals surface area contributed by atoms with Crippen molar-refractivity contribution in [1.82, 2.24) is 9.55 Å². The average Bonchev–Trinajstić information content (AvgIpc) is 3.00. The number of nitrogens with one attached hydrogen (secondary N) is 1. The number of nitrogens with zero attached hydrogens (tertiary/aromatic N) is 2. The smallest absolute Gasteiger partial charge is 0.259 e. The SMILES string of the molecule is CC(C)(C)c1nc2cc(S(=O)(=O)c3cc[nH+]cc3)ccc2n1CCCC(F)(F)P. The first-order chi connectivity index (χ1) is 13.4. The van der Waals surface area contributed by atoms with Gasteiger partial charge in [-0.25, -0.2) is 27.2 Å². The van der Waals surface area contributed by atoms with Gasteiger partial charge in [-0.1, -0.05) is 30.0 Å². The Hall–Kier alpha value is -1.92. The molecule has 3 aromatic rings. The van der Waals surface area contributed by atoms with Crippen LogP contribution in [-0.4, -0.2) is 23.6 Å². The minimum Gasteiger partial charge on any atom is -0.328 e. The fraction of sp³-hybridized carbons (Fsp3) is 0.400. The number of benzene rings is 1. The number of aryl methyl sites for hydroxylation is 1. The summed E-state index contributed by atoms with van der Waals surface area (Å²) in [7, 11) is -2.11. The molecular formula is C20H25F2N3O2PS+. The predicted molar refractivity (Wildman–Crippen MR) is 111 cm³/mol. The van der Waals surface area contributed by atoms with Crippen molar-refractivity contribution in [2.45, 2.75) is 61.0 Å². The first-order valence-electron chi connectivity index (χ1n) is 9.28. The van der Waals surface area contributed by atoms with E-state index in [0.717, 1.165) is 11.3 Å². The van der Waals surface area contributed by atoms with Crippen molar-refractivity contribution in [3.05, 3.63) is 48.5 Å². The highest BCUT2D eigenvalue weighted by Gasteiger charge is 2.26. The molecule has 5 nitrogen and oxygen atoms in total. The first kappa shape index (κ1) is 21.8. The van der Waals surface area contributed by atoms with Crippen LogP contribution in [0.15, 0.2) is 52.5 Å². The molecule has 1 N–H and O–H groups in total. The van der Waals surface area contributed by atoms with Crippen molar-refractivity contribution in [3.63, 3.8) is 0 Å². The molecule has 3 rings (SSSR count). The Balaban J connectivity index is 2.06. The number of alkyl halides is 2. The summed E-state index contributed by atoms with van der Waals surface area (Å²) >= 11 is 0. The van der Waals surface area contributed by atoms with Gasteiger partial charge >= 0.3 is 0 Å². The van der Waals surface area contributed by atoms with E-state index >= 15 is 0 Å². The summed E-state index contributed by atoms with van der Waals surface area (Å²) in [5, 5.41) is 0. The molecule has 0 amide bonds. The predicted octanol–water partition coefficient (Wildman–Crippen LogP) is 4.23. The van der Waals surface area contributed by atoms with Crippen molar-refractivity contribution in [2.75, 3.05) is 0 Å². The molecule has 9 heteroatoms. The molecule has 0 saturated carbocycles. The fourth-order valence-corrected chi connectivity index (χ4v) is 4.72. The van der Waals surface area contributed by atoms with Crippen LogP contribution >= 0.6 is 9.24 Å². The van der Waals surface area contributed by atoms with Gasteiger partial charge in [0.05, 0.1) is 20.8 Å². The number of imidazole rings is 1. The Morgan fingerprint density at radius 1 is 1.10 bits per heavy atom. The Morgan fingerprint density at radius 3 is 2.34 bits per heavy atom. The lowest BCUT2D eigenvalue weighted by molar-refractivity contribution is -0.378. The molecule has 0 radical (unpaired) electrons. The number of hydrogen-bond acceptors (Lipinski definition) is 3. The van der Waals surface area contributed by atoms with Crippen LogP contribution in [-0.2, 0) is 21.8 Å². The summed E-state index contributed by atoms with van der Waals surface area (Å²) < 4.78 is 54.2. The molecule has 0 fully saturated rings. The second-order valence-corrected chi connectivity index (χ2v) is 10.9. The maximum atomic E-state index is 13.2. The zero-order valence-electron chi connectivity index (χ0n) is 16.6. The van der Waals surface area contributed by atoms with Crippen molar-refractivity contribution in [2.24, 2.45) is 0 Å². The van der Waals surface area contributed by atoms with E-state index in [1.54, 1.807) is 39.8 Å². The highest BCUT2D eigenvalue weighted by atomic mass is 32.2. The van der Waals surface area contributed by atoms with Gasteiger partial charge in [0.1, 0.15) is 5.82 Å². The van der Waals surface area contributed by atoms with Crippen molar-refractivity contribution in [1.29, 1.82) is 0 Å². The van der Waals surface area contributed by atoms with Crippen LogP contribution in [0.25, 0.3) is 11.0 Å². The van der Waals surface area contributed by atoms with E-state index in [4.69, 9.17) is 0 Å². The Labute approximate surface area is 171 Å². The van der Waals surface area contributed by atoms with Gasteiger partial charge in [-0.05, 0) is 24.6 Å². The normalized spacial score (nSPS) is 13.2. The second kappa shape index (κ2) is 7.73. The fourth-order valence-electron chi connectivity index (χ4n) is 3.24. The van der Waals surface area contributed by atoms with Gasteiger partial charge in [0.25, 0.3) is 5.66 Å². The third-order valence-corrected chi connectivity index (χ3v) is 6.65. The number of rotatable bonds is 6. The number of sulfone groups is 1. The molecule has 2 heterocycles. The van der Waals surface area contributed by atoms with Crippen molar-refractivity contribution >= 4 is 30.1 Å². The lowest BCUT2D eigenvalue weighted by Crippen LogP contribution is -2.19. The number of aromatic nitrogens is 3. The molecule has 0 bridgehead atoms. The minimum atomic E-state index is -3.68. The Bertz CT molecular complexity index is 1120. The highest BCUT2D eigenvalue weighted by molar-refractivity contribution is 7.91. The molecule has 0 aliphatic rings. The second-order valence-electron chi connectivity index (χ2n) is 8.09. The monoisotopic (exact) mass is 440 g/mol. The molecule has 156 valence electrons. The minimum absolute atomic E-state index is 0.151. The largest absolute Gasteiger partial charge is 0.328 e. The molecule has 0 aliphatic carbocycles. The quantitative estimate of drug-likeness (QED) is 0.539. The van der Waals surface area contributed by atoms with Crippen LogP contribution in [0, 0.1) is 0 Å². The third kappa shape index (κ3) is 4.81. The van der Waals surface area contributed by atoms with E-state index in [0.29, 0.717) is 12.1 Å². The zero-order valence-corrected chi connectivity index (χ0v) is 18.6. The molecule has 0 saturated heterocycles. The topological polar surface area (TPSA) is 66.1 Å². The number of hydrogen-bond donors (Lipinski definition) is 0. The summed E-state index contributed by atoms with van der Waals surface area (Å²) in [6.45, 7) is 6.36. The summed E-state index contributed by atoms with van der Waals surface area (Å²) in [6.07, 6.45) is 3.14. The standard InChI is InChI=1S/C20H24F2N3O2PS/c1-19(2,3)18-24-16-13-15(29(26,27)14-7-10-23-11-8-14)5-6-17(16)25(18)12-4-9-20(21,22)28/h5-8,10-11,13H,4,9,12,28H2,1-3H3/p+1. The first-order valence-corrected chi connectivity index (χ1v) is 11.3. The molecule has 0 spiro atoms. The third-order valence-electron chi connectivity index (χ3n) is 4.59. The number of fused-ring (bicyclic) bond motifs is 1. The summed E-state index contributed by atoms with van der Waals surface area (Å²) in [5.41, 5.74) is -1.85. The molecule has 0 aliphatic heterocycles. The Morgan fingerprint density at radius 2 is 1.76 bits per heavy atom. The van der Waals surface area contributed by atoms with Gasteiger partial charge in [-0.15, -0.1) is 0 Å². The maximum absolute atomic E-state index is 13.2. The number of H-pyrrole nitrogens is 1. The maximum Gasteiger partial charge on any atom is 0.259 e. The molecule has 1 atom stereocenters. The van der Waals surface area contributed by atoms with Crippen molar-refractivity contribution in [3.8, 4) is 0 Å². The van der Waals surface area contributed by atoms with Crippen LogP contribution in [0.4, 0.5) is 8.78 Å². The molecule has 2 aromatic heterocycles. The van der Waals surface area contributed by atoms with Gasteiger partial charge in [0.15, 0.2) is 12.4 Å². The van der Waals surface area contributed by atoms with E-state index in [1.165, 1.54) is 12.1 Å². The van der Waals surface area contributed by atoms with E-state index in [-0.39, 0.29) is 28.0 Å².